The van der Waals surface area contributed by atoms with Crippen molar-refractivity contribution in [1.29, 1.82) is 0 Å². The third kappa shape index (κ3) is 3.74. The van der Waals surface area contributed by atoms with Crippen molar-refractivity contribution < 1.29 is 13.2 Å². The quantitative estimate of drug-likeness (QED) is 0.859. The van der Waals surface area contributed by atoms with Gasteiger partial charge in [0.1, 0.15) is 5.82 Å². The van der Waals surface area contributed by atoms with Crippen LogP contribution in [-0.4, -0.2) is 21.8 Å². The summed E-state index contributed by atoms with van der Waals surface area (Å²) in [5, 5.41) is 3.32. The second-order valence-electron chi connectivity index (χ2n) is 6.65. The van der Waals surface area contributed by atoms with E-state index in [0.717, 1.165) is 36.2 Å². The molecule has 1 aliphatic carbocycles. The van der Waals surface area contributed by atoms with Crippen LogP contribution in [0.1, 0.15) is 44.9 Å². The van der Waals surface area contributed by atoms with Crippen LogP contribution in [0.3, 0.4) is 0 Å². The van der Waals surface area contributed by atoms with Crippen molar-refractivity contribution in [3.8, 4) is 0 Å². The molecule has 1 N–H and O–H groups in total. The van der Waals surface area contributed by atoms with Crippen LogP contribution in [0.2, 0.25) is 0 Å². The number of imidazole rings is 1. The van der Waals surface area contributed by atoms with Gasteiger partial charge >= 0.3 is 6.18 Å². The van der Waals surface area contributed by atoms with E-state index in [4.69, 9.17) is 0 Å². The molecule has 0 radical (unpaired) electrons. The molecular weight excluding hydrogens is 315 g/mol. The lowest BCUT2D eigenvalue weighted by atomic mass is 9.85. The van der Waals surface area contributed by atoms with Crippen molar-refractivity contribution in [2.45, 2.75) is 64.3 Å². The molecule has 0 amide bonds. The van der Waals surface area contributed by atoms with E-state index < -0.39 is 12.1 Å². The van der Waals surface area contributed by atoms with Crippen molar-refractivity contribution >= 4 is 11.0 Å². The van der Waals surface area contributed by atoms with Crippen LogP contribution >= 0.6 is 0 Å². The van der Waals surface area contributed by atoms with Gasteiger partial charge in [0.05, 0.1) is 23.5 Å². The molecule has 2 atom stereocenters. The highest BCUT2D eigenvalue weighted by molar-refractivity contribution is 5.75. The summed E-state index contributed by atoms with van der Waals surface area (Å²) >= 11 is 0. The normalized spacial score (nSPS) is 22.2. The lowest BCUT2D eigenvalue weighted by molar-refractivity contribution is -0.183. The van der Waals surface area contributed by atoms with E-state index in [9.17, 15) is 13.2 Å². The van der Waals surface area contributed by atoms with Crippen LogP contribution in [0, 0.1) is 5.92 Å². The van der Waals surface area contributed by atoms with E-state index in [-0.39, 0.29) is 18.9 Å². The van der Waals surface area contributed by atoms with Crippen molar-refractivity contribution in [1.82, 2.24) is 14.9 Å². The number of nitrogens with zero attached hydrogens (tertiary/aromatic N) is 2. The van der Waals surface area contributed by atoms with Crippen molar-refractivity contribution in [2.75, 3.05) is 0 Å². The number of halogens is 3. The third-order valence-corrected chi connectivity index (χ3v) is 4.87. The Balaban J connectivity index is 1.70. The van der Waals surface area contributed by atoms with Gasteiger partial charge in [-0.15, -0.1) is 0 Å². The average molecular weight is 339 g/mol. The minimum absolute atomic E-state index is 0.0831. The minimum atomic E-state index is -4.07. The molecule has 1 fully saturated rings. The Morgan fingerprint density at radius 2 is 2.04 bits per heavy atom. The van der Waals surface area contributed by atoms with E-state index in [2.05, 4.69) is 21.8 Å². The van der Waals surface area contributed by atoms with Gasteiger partial charge in [-0.25, -0.2) is 4.98 Å². The Hall–Kier alpha value is -1.56. The number of alkyl halides is 3. The average Bonchev–Trinajstić information content (AvgIpc) is 2.91. The number of rotatable bonds is 5. The number of benzene rings is 1. The number of hydrogen-bond donors (Lipinski definition) is 1. The number of hydrogen-bond acceptors (Lipinski definition) is 2. The molecule has 3 nitrogen and oxygen atoms in total. The van der Waals surface area contributed by atoms with Crippen molar-refractivity contribution in [3.63, 3.8) is 0 Å². The van der Waals surface area contributed by atoms with Crippen LogP contribution in [0.5, 0.6) is 0 Å². The zero-order valence-corrected chi connectivity index (χ0v) is 13.9. The van der Waals surface area contributed by atoms with Gasteiger partial charge in [-0.2, -0.15) is 13.2 Å². The monoisotopic (exact) mass is 339 g/mol. The summed E-state index contributed by atoms with van der Waals surface area (Å²) in [7, 11) is 0. The molecule has 24 heavy (non-hydrogen) atoms. The van der Waals surface area contributed by atoms with Gasteiger partial charge in [-0.3, -0.25) is 0 Å². The summed E-state index contributed by atoms with van der Waals surface area (Å²) in [6, 6.07) is 7.88. The number of fused-ring (bicyclic) bond motifs is 1. The van der Waals surface area contributed by atoms with E-state index in [1.54, 1.807) is 0 Å². The van der Waals surface area contributed by atoms with Crippen molar-refractivity contribution in [2.24, 2.45) is 5.92 Å². The van der Waals surface area contributed by atoms with Crippen molar-refractivity contribution in [3.05, 3.63) is 30.1 Å². The summed E-state index contributed by atoms with van der Waals surface area (Å²) < 4.78 is 41.0. The van der Waals surface area contributed by atoms with E-state index in [0.29, 0.717) is 13.0 Å². The molecule has 6 heteroatoms. The van der Waals surface area contributed by atoms with Gasteiger partial charge in [0, 0.05) is 12.6 Å². The molecule has 0 spiro atoms. The number of aryl methyl sites for hydroxylation is 1. The zero-order valence-electron chi connectivity index (χ0n) is 13.9. The molecule has 1 aromatic heterocycles. The molecule has 0 saturated heterocycles. The zero-order chi connectivity index (χ0) is 17.2. The molecular formula is C18H24F3N3. The highest BCUT2D eigenvalue weighted by Crippen LogP contribution is 2.37. The van der Waals surface area contributed by atoms with Crippen LogP contribution in [-0.2, 0) is 13.1 Å². The Morgan fingerprint density at radius 1 is 1.25 bits per heavy atom. The third-order valence-electron chi connectivity index (χ3n) is 4.87. The Morgan fingerprint density at radius 3 is 2.79 bits per heavy atom. The first-order chi connectivity index (χ1) is 11.5. The first kappa shape index (κ1) is 17.3. The van der Waals surface area contributed by atoms with E-state index in [1.165, 1.54) is 0 Å². The highest BCUT2D eigenvalue weighted by Gasteiger charge is 2.42. The van der Waals surface area contributed by atoms with Crippen LogP contribution in [0.25, 0.3) is 11.0 Å². The molecule has 0 bridgehead atoms. The lowest BCUT2D eigenvalue weighted by Gasteiger charge is -2.31. The molecule has 1 aliphatic rings. The molecule has 0 aliphatic heterocycles. The Kier molecular flexibility index (Phi) is 5.13. The second kappa shape index (κ2) is 7.13. The standard InChI is InChI=1S/C18H24F3N3/c1-2-10-24-16-9-4-3-8-15(16)23-17(24)12-22-14-7-5-6-13(11-14)18(19,20)21/h3-4,8-9,13-14,22H,2,5-7,10-12H2,1H3. The predicted octanol–water partition coefficient (Wildman–Crippen LogP) is 4.66. The molecule has 1 aromatic carbocycles. The second-order valence-corrected chi connectivity index (χ2v) is 6.65. The van der Waals surface area contributed by atoms with Crippen LogP contribution in [0.4, 0.5) is 13.2 Å². The largest absolute Gasteiger partial charge is 0.391 e. The van der Waals surface area contributed by atoms with Gasteiger partial charge in [0.25, 0.3) is 0 Å². The molecule has 1 heterocycles. The minimum Gasteiger partial charge on any atom is -0.327 e. The fourth-order valence-electron chi connectivity index (χ4n) is 3.64. The molecule has 1 saturated carbocycles. The Labute approximate surface area is 140 Å². The molecule has 2 aromatic rings. The fourth-order valence-corrected chi connectivity index (χ4v) is 3.64. The lowest BCUT2D eigenvalue weighted by Crippen LogP contribution is -2.38. The number of aromatic nitrogens is 2. The SMILES string of the molecule is CCCn1c(CNC2CCCC(C(F)(F)F)C2)nc2ccccc21. The fraction of sp³-hybridized carbons (Fsp3) is 0.611. The summed E-state index contributed by atoms with van der Waals surface area (Å²) in [6.45, 7) is 3.50. The maximum absolute atomic E-state index is 12.9. The first-order valence-corrected chi connectivity index (χ1v) is 8.73. The molecule has 2 unspecified atom stereocenters. The summed E-state index contributed by atoms with van der Waals surface area (Å²) in [5.74, 6) is -0.259. The number of nitrogens with one attached hydrogen (secondary N) is 1. The molecule has 3 rings (SSSR count). The van der Waals surface area contributed by atoms with Crippen LogP contribution in [0.15, 0.2) is 24.3 Å². The highest BCUT2D eigenvalue weighted by atomic mass is 19.4. The first-order valence-electron chi connectivity index (χ1n) is 8.73. The summed E-state index contributed by atoms with van der Waals surface area (Å²) in [5.41, 5.74) is 2.03. The summed E-state index contributed by atoms with van der Waals surface area (Å²) in [4.78, 5) is 4.66. The maximum atomic E-state index is 12.9. The van der Waals surface area contributed by atoms with Gasteiger partial charge in [-0.1, -0.05) is 25.5 Å². The maximum Gasteiger partial charge on any atom is 0.391 e. The molecule has 132 valence electrons. The topological polar surface area (TPSA) is 29.9 Å². The predicted molar refractivity (Wildman–Crippen MR) is 88.7 cm³/mol. The van der Waals surface area contributed by atoms with Gasteiger partial charge < -0.3 is 9.88 Å². The summed E-state index contributed by atoms with van der Waals surface area (Å²) in [6.07, 6.45) is -1.20. The van der Waals surface area contributed by atoms with Gasteiger partial charge in [0.15, 0.2) is 0 Å². The van der Waals surface area contributed by atoms with Gasteiger partial charge in [-0.05, 0) is 37.8 Å². The van der Waals surface area contributed by atoms with Crippen LogP contribution < -0.4 is 5.32 Å². The van der Waals surface area contributed by atoms with E-state index in [1.807, 2.05) is 24.3 Å². The smallest absolute Gasteiger partial charge is 0.327 e. The number of para-hydroxylation sites is 2. The Bertz CT molecular complexity index is 678. The van der Waals surface area contributed by atoms with E-state index >= 15 is 0 Å². The van der Waals surface area contributed by atoms with Gasteiger partial charge in [0.2, 0.25) is 0 Å².